The van der Waals surface area contributed by atoms with Gasteiger partial charge in [-0.25, -0.2) is 17.5 Å². The topological polar surface area (TPSA) is 73.2 Å². The van der Waals surface area contributed by atoms with Crippen LogP contribution in [0.3, 0.4) is 0 Å². The van der Waals surface area contributed by atoms with Gasteiger partial charge in [0.25, 0.3) is 0 Å². The molecule has 2 rings (SSSR count). The van der Waals surface area contributed by atoms with E-state index < -0.39 is 27.7 Å². The lowest BCUT2D eigenvalue weighted by atomic mass is 10.3. The molecule has 6 nitrogen and oxygen atoms in total. The maximum Gasteiger partial charge on any atom is 0.435 e. The summed E-state index contributed by atoms with van der Waals surface area (Å²) in [7, 11) is -4.02. The predicted molar refractivity (Wildman–Crippen MR) is 80.0 cm³/mol. The normalized spacial score (nSPS) is 12.4. The molecular weight excluding hydrogens is 366 g/mol. The van der Waals surface area contributed by atoms with Crippen molar-refractivity contribution in [2.45, 2.75) is 24.5 Å². The number of nitrogens with zero attached hydrogens (tertiary/aromatic N) is 2. The molecule has 0 radical (unpaired) electrons. The molecule has 1 heterocycles. The molecule has 0 aliphatic rings. The quantitative estimate of drug-likeness (QED) is 0.748. The van der Waals surface area contributed by atoms with Gasteiger partial charge in [-0.05, 0) is 31.2 Å². The first-order valence-electron chi connectivity index (χ1n) is 7.16. The fourth-order valence-corrected chi connectivity index (χ4v) is 2.97. The highest BCUT2D eigenvalue weighted by atomic mass is 32.2. The minimum absolute atomic E-state index is 0.0716. The van der Waals surface area contributed by atoms with Crippen LogP contribution in [-0.4, -0.2) is 31.3 Å². The number of halogens is 4. The monoisotopic (exact) mass is 381 g/mol. The molecule has 0 aliphatic carbocycles. The van der Waals surface area contributed by atoms with Crippen molar-refractivity contribution in [3.63, 3.8) is 0 Å². The second-order valence-corrected chi connectivity index (χ2v) is 6.65. The zero-order valence-corrected chi connectivity index (χ0v) is 13.9. The van der Waals surface area contributed by atoms with Gasteiger partial charge < -0.3 is 4.74 Å². The van der Waals surface area contributed by atoms with E-state index in [4.69, 9.17) is 4.74 Å². The minimum atomic E-state index is -4.56. The Labute approximate surface area is 141 Å². The number of ether oxygens (including phenoxy) is 1. The summed E-state index contributed by atoms with van der Waals surface area (Å²) >= 11 is 0. The van der Waals surface area contributed by atoms with Crippen LogP contribution in [0, 0.1) is 5.82 Å². The highest BCUT2D eigenvalue weighted by Crippen LogP contribution is 2.27. The number of rotatable bonds is 7. The van der Waals surface area contributed by atoms with Crippen LogP contribution in [0.2, 0.25) is 0 Å². The Kier molecular flexibility index (Phi) is 5.68. The largest absolute Gasteiger partial charge is 0.491 e. The van der Waals surface area contributed by atoms with E-state index in [2.05, 4.69) is 9.82 Å². The lowest BCUT2D eigenvalue weighted by Crippen LogP contribution is -2.27. The van der Waals surface area contributed by atoms with Crippen LogP contribution >= 0.6 is 0 Å². The van der Waals surface area contributed by atoms with Crippen molar-refractivity contribution in [1.82, 2.24) is 14.5 Å². The van der Waals surface area contributed by atoms with E-state index in [1.165, 1.54) is 12.1 Å². The number of nitrogens with one attached hydrogen (secondary N) is 1. The van der Waals surface area contributed by atoms with Gasteiger partial charge in [0, 0.05) is 12.7 Å². The van der Waals surface area contributed by atoms with E-state index in [0.29, 0.717) is 0 Å². The molecule has 0 spiro atoms. The third-order valence-corrected chi connectivity index (χ3v) is 4.54. The molecule has 11 heteroatoms. The lowest BCUT2D eigenvalue weighted by Gasteiger charge is -2.09. The number of sulfonamides is 1. The number of hydrogen-bond acceptors (Lipinski definition) is 4. The maximum atomic E-state index is 13.7. The summed E-state index contributed by atoms with van der Waals surface area (Å²) in [6.45, 7) is 1.56. The molecule has 1 aromatic heterocycles. The number of hydrogen-bond donors (Lipinski definition) is 1. The molecule has 138 valence electrons. The van der Waals surface area contributed by atoms with Crippen LogP contribution in [0.25, 0.3) is 0 Å². The fourth-order valence-electron chi connectivity index (χ4n) is 1.94. The Balaban J connectivity index is 2.00. The highest BCUT2D eigenvalue weighted by Gasteiger charge is 2.33. The molecular formula is C14H15F4N3O3S. The van der Waals surface area contributed by atoms with Gasteiger partial charge in [-0.15, -0.1) is 0 Å². The Morgan fingerprint density at radius 3 is 2.56 bits per heavy atom. The Bertz CT molecular complexity index is 834. The summed E-state index contributed by atoms with van der Waals surface area (Å²) in [5, 5.41) is 3.30. The van der Waals surface area contributed by atoms with Crippen molar-refractivity contribution in [2.24, 2.45) is 0 Å². The molecule has 1 aromatic carbocycles. The third-order valence-electron chi connectivity index (χ3n) is 3.08. The molecule has 0 amide bonds. The van der Waals surface area contributed by atoms with E-state index >= 15 is 0 Å². The first-order chi connectivity index (χ1) is 11.6. The van der Waals surface area contributed by atoms with Gasteiger partial charge in [-0.2, -0.15) is 18.3 Å². The fraction of sp³-hybridized carbons (Fsp3) is 0.357. The van der Waals surface area contributed by atoms with Crippen molar-refractivity contribution >= 4 is 10.0 Å². The van der Waals surface area contributed by atoms with Crippen molar-refractivity contribution in [2.75, 3.05) is 13.2 Å². The number of benzene rings is 1. The van der Waals surface area contributed by atoms with Crippen LogP contribution in [0.5, 0.6) is 5.75 Å². The van der Waals surface area contributed by atoms with Crippen LogP contribution < -0.4 is 9.46 Å². The van der Waals surface area contributed by atoms with Gasteiger partial charge in [-0.3, -0.25) is 4.68 Å². The summed E-state index contributed by atoms with van der Waals surface area (Å²) in [6, 6.07) is 3.96. The van der Waals surface area contributed by atoms with Gasteiger partial charge in [-0.1, -0.05) is 0 Å². The molecule has 0 bridgehead atoms. The summed E-state index contributed by atoms with van der Waals surface area (Å²) in [5.41, 5.74) is -1.07. The maximum absolute atomic E-state index is 13.7. The molecule has 0 saturated carbocycles. The zero-order valence-electron chi connectivity index (χ0n) is 13.0. The Morgan fingerprint density at radius 1 is 1.28 bits per heavy atom. The molecule has 0 fully saturated rings. The van der Waals surface area contributed by atoms with Crippen LogP contribution in [0.1, 0.15) is 12.6 Å². The molecule has 2 aromatic rings. The van der Waals surface area contributed by atoms with Crippen LogP contribution in [0.15, 0.2) is 35.4 Å². The average Bonchev–Trinajstić information content (AvgIpc) is 2.98. The van der Waals surface area contributed by atoms with E-state index in [9.17, 15) is 26.0 Å². The standard InChI is InChI=1S/C14H15F4N3O3S/c1-2-24-12-4-3-10(9-11(12)15)25(22,23)19-6-8-21-7-5-13(20-21)14(16,17)18/h3-5,7,9,19H,2,6,8H2,1H3. The Morgan fingerprint density at radius 2 is 2.00 bits per heavy atom. The first kappa shape index (κ1) is 19.2. The summed E-state index contributed by atoms with van der Waals surface area (Å²) in [5.74, 6) is -0.899. The van der Waals surface area contributed by atoms with E-state index in [1.807, 2.05) is 0 Å². The second kappa shape index (κ2) is 7.40. The van der Waals surface area contributed by atoms with Crippen molar-refractivity contribution in [1.29, 1.82) is 0 Å². The van der Waals surface area contributed by atoms with Crippen molar-refractivity contribution in [3.05, 3.63) is 42.0 Å². The molecule has 0 atom stereocenters. The van der Waals surface area contributed by atoms with Gasteiger partial charge in [0.05, 0.1) is 18.0 Å². The molecule has 25 heavy (non-hydrogen) atoms. The molecule has 1 N–H and O–H groups in total. The van der Waals surface area contributed by atoms with Gasteiger partial charge in [0.2, 0.25) is 10.0 Å². The van der Waals surface area contributed by atoms with Crippen molar-refractivity contribution < 1.29 is 30.7 Å². The number of aromatic nitrogens is 2. The average molecular weight is 381 g/mol. The predicted octanol–water partition coefficient (Wildman–Crippen LogP) is 2.42. The SMILES string of the molecule is CCOc1ccc(S(=O)(=O)NCCn2ccc(C(F)(F)F)n2)cc1F. The van der Waals surface area contributed by atoms with Crippen LogP contribution in [-0.2, 0) is 22.7 Å². The summed E-state index contributed by atoms with van der Waals surface area (Å²) in [4.78, 5) is -0.315. The first-order valence-corrected chi connectivity index (χ1v) is 8.64. The van der Waals surface area contributed by atoms with E-state index in [0.717, 1.165) is 23.0 Å². The zero-order chi connectivity index (χ0) is 18.7. The minimum Gasteiger partial charge on any atom is -0.491 e. The third kappa shape index (κ3) is 4.92. The van der Waals surface area contributed by atoms with Gasteiger partial charge >= 0.3 is 6.18 Å². The van der Waals surface area contributed by atoms with E-state index in [-0.39, 0.29) is 30.3 Å². The van der Waals surface area contributed by atoms with E-state index in [1.54, 1.807) is 6.92 Å². The second-order valence-electron chi connectivity index (χ2n) is 4.88. The molecule has 0 saturated heterocycles. The summed E-state index contributed by atoms with van der Waals surface area (Å²) in [6.07, 6.45) is -3.47. The van der Waals surface area contributed by atoms with Crippen LogP contribution in [0.4, 0.5) is 17.6 Å². The highest BCUT2D eigenvalue weighted by molar-refractivity contribution is 7.89. The van der Waals surface area contributed by atoms with Crippen molar-refractivity contribution in [3.8, 4) is 5.75 Å². The van der Waals surface area contributed by atoms with Gasteiger partial charge in [0.1, 0.15) is 0 Å². The van der Waals surface area contributed by atoms with Gasteiger partial charge in [0.15, 0.2) is 17.3 Å². The molecule has 0 unspecified atom stereocenters. The summed E-state index contributed by atoms with van der Waals surface area (Å²) < 4.78 is 83.3. The lowest BCUT2D eigenvalue weighted by molar-refractivity contribution is -0.141. The number of alkyl halides is 3. The Hall–Kier alpha value is -2.14. The smallest absolute Gasteiger partial charge is 0.435 e. The molecule has 0 aliphatic heterocycles.